The fourth-order valence-corrected chi connectivity index (χ4v) is 5.20. The highest BCUT2D eigenvalue weighted by Gasteiger charge is 2.49. The van der Waals surface area contributed by atoms with E-state index in [1.54, 1.807) is 60.9 Å². The average molecular weight is 532 g/mol. The summed E-state index contributed by atoms with van der Waals surface area (Å²) in [6.45, 7) is 9.65. The van der Waals surface area contributed by atoms with Gasteiger partial charge >= 0.3 is 5.91 Å². The summed E-state index contributed by atoms with van der Waals surface area (Å²) in [5.41, 5.74) is 1.87. The molecule has 1 unspecified atom stereocenters. The second kappa shape index (κ2) is 10.1. The number of aromatic nitrogens is 4. The zero-order chi connectivity index (χ0) is 27.0. The van der Waals surface area contributed by atoms with Gasteiger partial charge in [-0.2, -0.15) is 0 Å². The lowest BCUT2D eigenvalue weighted by Crippen LogP contribution is -2.29. The number of benzene rings is 1. The van der Waals surface area contributed by atoms with Crippen LogP contribution in [-0.4, -0.2) is 49.6 Å². The van der Waals surface area contributed by atoms with Crippen LogP contribution in [0.1, 0.15) is 34.9 Å². The van der Waals surface area contributed by atoms with Gasteiger partial charge in [0.2, 0.25) is 5.13 Å². The molecule has 4 aromatic rings. The Labute approximate surface area is 222 Å². The van der Waals surface area contributed by atoms with Crippen molar-refractivity contribution in [1.29, 1.82) is 0 Å². The molecule has 1 atom stereocenters. The van der Waals surface area contributed by atoms with Crippen molar-refractivity contribution in [3.05, 3.63) is 82.8 Å². The number of pyridine rings is 1. The van der Waals surface area contributed by atoms with Crippen LogP contribution in [-0.2, 0) is 9.59 Å². The van der Waals surface area contributed by atoms with E-state index in [2.05, 4.69) is 21.8 Å². The number of nitrogens with zero attached hydrogens (tertiary/aromatic N) is 5. The molecule has 0 aliphatic carbocycles. The summed E-state index contributed by atoms with van der Waals surface area (Å²) in [4.78, 5) is 32.7. The fraction of sp³-hybridized carbons (Fsp3) is 0.222. The molecule has 194 valence electrons. The monoisotopic (exact) mass is 531 g/mol. The predicted octanol–water partition coefficient (Wildman–Crippen LogP) is 4.39. The highest BCUT2D eigenvalue weighted by atomic mass is 32.1. The number of carbonyl (C=O) groups is 2. The Morgan fingerprint density at radius 3 is 2.68 bits per heavy atom. The van der Waals surface area contributed by atoms with E-state index in [1.807, 2.05) is 13.0 Å². The first-order valence-corrected chi connectivity index (χ1v) is 12.7. The minimum atomic E-state index is -0.997. The maximum absolute atomic E-state index is 13.5. The summed E-state index contributed by atoms with van der Waals surface area (Å²) in [7, 11) is 0. The number of amides is 1. The number of hydrogen-bond donors (Lipinski definition) is 1. The van der Waals surface area contributed by atoms with E-state index < -0.39 is 17.7 Å². The number of imidazole rings is 1. The Balaban J connectivity index is 1.75. The summed E-state index contributed by atoms with van der Waals surface area (Å²) in [6, 6.07) is 9.55. The van der Waals surface area contributed by atoms with Crippen LogP contribution in [0.25, 0.3) is 11.4 Å². The first-order chi connectivity index (χ1) is 18.3. The van der Waals surface area contributed by atoms with Gasteiger partial charge in [0.05, 0.1) is 23.9 Å². The van der Waals surface area contributed by atoms with Crippen LogP contribution in [0.2, 0.25) is 0 Å². The zero-order valence-electron chi connectivity index (χ0n) is 21.0. The molecule has 1 aliphatic rings. The van der Waals surface area contributed by atoms with Crippen LogP contribution in [0.5, 0.6) is 11.5 Å². The topological polar surface area (TPSA) is 119 Å². The third-order valence-electron chi connectivity index (χ3n) is 6.03. The van der Waals surface area contributed by atoms with Crippen molar-refractivity contribution < 1.29 is 24.2 Å². The van der Waals surface area contributed by atoms with E-state index >= 15 is 0 Å². The van der Waals surface area contributed by atoms with Gasteiger partial charge < -0.3 is 14.6 Å². The number of rotatable bonds is 8. The average Bonchev–Trinajstić information content (AvgIpc) is 3.56. The molecule has 3 aromatic heterocycles. The van der Waals surface area contributed by atoms with Crippen molar-refractivity contribution in [2.75, 3.05) is 18.1 Å². The third kappa shape index (κ3) is 4.20. The molecule has 10 nitrogen and oxygen atoms in total. The summed E-state index contributed by atoms with van der Waals surface area (Å²) < 4.78 is 13.2. The molecular weight excluding hydrogens is 506 g/mol. The lowest BCUT2D eigenvalue weighted by atomic mass is 9.96. The van der Waals surface area contributed by atoms with E-state index in [0.29, 0.717) is 45.7 Å². The number of ether oxygens (including phenoxy) is 2. The van der Waals surface area contributed by atoms with Gasteiger partial charge in [-0.15, -0.1) is 10.2 Å². The number of anilines is 1. The summed E-state index contributed by atoms with van der Waals surface area (Å²) in [6.07, 6.45) is 3.36. The van der Waals surface area contributed by atoms with E-state index in [0.717, 1.165) is 0 Å². The number of Topliss-reactive ketones (excluding diaryl/α,β-unsaturated/α-hetero) is 1. The second-order valence-electron chi connectivity index (χ2n) is 8.49. The predicted molar refractivity (Wildman–Crippen MR) is 143 cm³/mol. The molecule has 38 heavy (non-hydrogen) atoms. The lowest BCUT2D eigenvalue weighted by molar-refractivity contribution is -0.132. The number of hydrogen-bond acceptors (Lipinski definition) is 9. The zero-order valence-corrected chi connectivity index (χ0v) is 21.9. The number of aryl methyl sites for hydroxylation is 2. The molecule has 1 aromatic carbocycles. The van der Waals surface area contributed by atoms with E-state index in [4.69, 9.17) is 9.47 Å². The first-order valence-electron chi connectivity index (χ1n) is 11.9. The summed E-state index contributed by atoms with van der Waals surface area (Å²) >= 11 is 1.18. The Morgan fingerprint density at radius 1 is 1.16 bits per heavy atom. The molecule has 0 spiro atoms. The van der Waals surface area contributed by atoms with Gasteiger partial charge in [0.1, 0.15) is 23.0 Å². The van der Waals surface area contributed by atoms with Crippen LogP contribution in [0.4, 0.5) is 5.13 Å². The highest BCUT2D eigenvalue weighted by molar-refractivity contribution is 7.15. The number of ketones is 1. The van der Waals surface area contributed by atoms with Crippen LogP contribution in [0.15, 0.2) is 60.8 Å². The smallest absolute Gasteiger partial charge is 0.301 e. The van der Waals surface area contributed by atoms with E-state index in [1.165, 1.54) is 16.2 Å². The van der Waals surface area contributed by atoms with Gasteiger partial charge in [0.25, 0.3) is 5.78 Å². The Morgan fingerprint density at radius 2 is 1.97 bits per heavy atom. The van der Waals surface area contributed by atoms with E-state index in [-0.39, 0.29) is 23.1 Å². The third-order valence-corrected chi connectivity index (χ3v) is 6.87. The Bertz CT molecular complexity index is 1600. The Kier molecular flexibility index (Phi) is 6.68. The molecule has 0 saturated carbocycles. The minimum absolute atomic E-state index is 0.0844. The molecule has 1 N–H and O–H groups in total. The number of fused-ring (bicyclic) bond motifs is 1. The molecule has 1 saturated heterocycles. The van der Waals surface area contributed by atoms with Gasteiger partial charge in [-0.1, -0.05) is 36.1 Å². The molecule has 0 bridgehead atoms. The standard InChI is InChI=1S/C27H25N5O5S/c1-5-13-37-18-11-10-17(14-19(18)36-6-2)23-21(25(34)26(35)32(23)27-30-29-16(4)38-27)24(33)22-15(3)28-20-9-7-8-12-31(20)22/h5,7-12,14,23,33H,1,6,13H2,2-4H3/b24-21+. The molecule has 11 heteroatoms. The number of aliphatic hydroxyl groups is 1. The Hall–Kier alpha value is -4.51. The minimum Gasteiger partial charge on any atom is -0.505 e. The maximum Gasteiger partial charge on any atom is 0.301 e. The normalized spacial score (nSPS) is 16.8. The molecule has 4 heterocycles. The van der Waals surface area contributed by atoms with Crippen LogP contribution >= 0.6 is 11.3 Å². The number of aliphatic hydroxyl groups excluding tert-OH is 1. The summed E-state index contributed by atoms with van der Waals surface area (Å²) in [5.74, 6) is -1.08. The first kappa shape index (κ1) is 25.2. The molecule has 0 radical (unpaired) electrons. The van der Waals surface area contributed by atoms with Gasteiger partial charge in [-0.3, -0.25) is 18.9 Å². The molecule has 5 rings (SSSR count). The second-order valence-corrected chi connectivity index (χ2v) is 9.65. The van der Waals surface area contributed by atoms with Gasteiger partial charge in [0, 0.05) is 6.20 Å². The van der Waals surface area contributed by atoms with E-state index in [9.17, 15) is 14.7 Å². The molecule has 1 amide bonds. The molecule has 1 aliphatic heterocycles. The van der Waals surface area contributed by atoms with Crippen molar-refractivity contribution in [3.63, 3.8) is 0 Å². The maximum atomic E-state index is 13.5. The SMILES string of the molecule is C=CCOc1ccc(C2/C(=C(\O)c3c(C)nc4ccccn34)C(=O)C(=O)N2c2nnc(C)s2)cc1OCC. The van der Waals surface area contributed by atoms with Crippen LogP contribution in [0.3, 0.4) is 0 Å². The van der Waals surface area contributed by atoms with Crippen molar-refractivity contribution in [2.24, 2.45) is 0 Å². The number of carbonyl (C=O) groups excluding carboxylic acids is 2. The fourth-order valence-electron chi connectivity index (χ4n) is 4.49. The van der Waals surface area contributed by atoms with Gasteiger partial charge in [0.15, 0.2) is 17.3 Å². The largest absolute Gasteiger partial charge is 0.505 e. The van der Waals surface area contributed by atoms with Gasteiger partial charge in [-0.05, 0) is 50.6 Å². The van der Waals surface area contributed by atoms with Gasteiger partial charge in [-0.25, -0.2) is 4.98 Å². The molecule has 1 fully saturated rings. The lowest BCUT2D eigenvalue weighted by Gasteiger charge is -2.23. The molecular formula is C27H25N5O5S. The quantitative estimate of drug-likeness (QED) is 0.154. The van der Waals surface area contributed by atoms with Crippen LogP contribution < -0.4 is 14.4 Å². The summed E-state index contributed by atoms with van der Waals surface area (Å²) in [5, 5.41) is 20.7. The van der Waals surface area contributed by atoms with Crippen molar-refractivity contribution in [2.45, 2.75) is 26.8 Å². The van der Waals surface area contributed by atoms with Crippen LogP contribution in [0, 0.1) is 13.8 Å². The van der Waals surface area contributed by atoms with Crippen molar-refractivity contribution in [3.8, 4) is 11.5 Å². The van der Waals surface area contributed by atoms with Crippen molar-refractivity contribution >= 4 is 39.6 Å². The highest BCUT2D eigenvalue weighted by Crippen LogP contribution is 2.45. The van der Waals surface area contributed by atoms with Crippen molar-refractivity contribution in [1.82, 2.24) is 19.6 Å².